The molecule has 0 fully saturated rings. The molecular weight excluding hydrogens is 370 g/mol. The number of carbonyl (C=O) groups excluding carboxylic acids is 2. The van der Waals surface area contributed by atoms with Crippen LogP contribution < -0.4 is 5.32 Å². The van der Waals surface area contributed by atoms with Crippen LogP contribution in [0.15, 0.2) is 60.5 Å². The van der Waals surface area contributed by atoms with E-state index in [1.54, 1.807) is 22.3 Å². The molecule has 0 aliphatic carbocycles. The molecular formula is C22H29N3O2S. The van der Waals surface area contributed by atoms with Gasteiger partial charge in [-0.2, -0.15) is 0 Å². The zero-order valence-corrected chi connectivity index (χ0v) is 17.7. The van der Waals surface area contributed by atoms with Crippen LogP contribution >= 0.6 is 11.3 Å². The molecule has 150 valence electrons. The number of benzene rings is 1. The Morgan fingerprint density at radius 3 is 2.36 bits per heavy atom. The molecule has 0 unspecified atom stereocenters. The SMILES string of the molecule is C=CCN(CC(=O)N(Cc1ccccc1)Cc1cccs1)C(=O)NC(C)(C)C. The van der Waals surface area contributed by atoms with E-state index in [1.165, 1.54) is 4.90 Å². The largest absolute Gasteiger partial charge is 0.333 e. The van der Waals surface area contributed by atoms with E-state index >= 15 is 0 Å². The number of nitrogens with one attached hydrogen (secondary N) is 1. The standard InChI is InChI=1S/C22H29N3O2S/c1-5-13-24(21(27)23-22(2,3)4)17-20(26)25(16-19-12-9-14-28-19)15-18-10-7-6-8-11-18/h5-12,14H,1,13,15-17H2,2-4H3,(H,23,27). The first-order chi connectivity index (χ1) is 13.3. The van der Waals surface area contributed by atoms with Gasteiger partial charge in [0.15, 0.2) is 0 Å². The third kappa shape index (κ3) is 7.19. The number of carbonyl (C=O) groups is 2. The van der Waals surface area contributed by atoms with Gasteiger partial charge < -0.3 is 15.1 Å². The fourth-order valence-corrected chi connectivity index (χ4v) is 3.38. The molecule has 0 atom stereocenters. The van der Waals surface area contributed by atoms with Gasteiger partial charge in [-0.05, 0) is 37.8 Å². The average molecular weight is 400 g/mol. The van der Waals surface area contributed by atoms with E-state index in [0.717, 1.165) is 10.4 Å². The third-order valence-corrected chi connectivity index (χ3v) is 4.80. The number of hydrogen-bond donors (Lipinski definition) is 1. The van der Waals surface area contributed by atoms with Crippen LogP contribution in [0.25, 0.3) is 0 Å². The molecule has 2 aromatic rings. The summed E-state index contributed by atoms with van der Waals surface area (Å²) >= 11 is 1.62. The van der Waals surface area contributed by atoms with Crippen LogP contribution in [-0.4, -0.2) is 40.4 Å². The second-order valence-electron chi connectivity index (χ2n) is 7.66. The van der Waals surface area contributed by atoms with Crippen LogP contribution in [0.5, 0.6) is 0 Å². The normalized spacial score (nSPS) is 11.0. The van der Waals surface area contributed by atoms with E-state index in [0.29, 0.717) is 19.6 Å². The minimum Gasteiger partial charge on any atom is -0.333 e. The van der Waals surface area contributed by atoms with Gasteiger partial charge in [-0.1, -0.05) is 42.5 Å². The molecule has 1 heterocycles. The van der Waals surface area contributed by atoms with Gasteiger partial charge in [0.2, 0.25) is 5.91 Å². The molecule has 0 bridgehead atoms. The second kappa shape index (κ2) is 10.1. The average Bonchev–Trinajstić information content (AvgIpc) is 3.13. The van der Waals surface area contributed by atoms with Crippen molar-refractivity contribution in [3.63, 3.8) is 0 Å². The van der Waals surface area contributed by atoms with Gasteiger partial charge in [-0.25, -0.2) is 4.79 Å². The third-order valence-electron chi connectivity index (χ3n) is 3.94. The van der Waals surface area contributed by atoms with Crippen molar-refractivity contribution in [3.05, 3.63) is 70.9 Å². The summed E-state index contributed by atoms with van der Waals surface area (Å²) in [5.41, 5.74) is 0.682. The van der Waals surface area contributed by atoms with Gasteiger partial charge in [-0.3, -0.25) is 4.79 Å². The van der Waals surface area contributed by atoms with Gasteiger partial charge >= 0.3 is 6.03 Å². The lowest BCUT2D eigenvalue weighted by molar-refractivity contribution is -0.133. The molecule has 0 saturated heterocycles. The molecule has 0 spiro atoms. The molecule has 6 heteroatoms. The van der Waals surface area contributed by atoms with E-state index in [4.69, 9.17) is 0 Å². The molecule has 0 aliphatic heterocycles. The quantitative estimate of drug-likeness (QED) is 0.674. The van der Waals surface area contributed by atoms with E-state index in [9.17, 15) is 9.59 Å². The number of nitrogens with zero attached hydrogens (tertiary/aromatic N) is 2. The number of amides is 3. The van der Waals surface area contributed by atoms with Gasteiger partial charge in [-0.15, -0.1) is 17.9 Å². The summed E-state index contributed by atoms with van der Waals surface area (Å²) in [6.07, 6.45) is 1.64. The lowest BCUT2D eigenvalue weighted by Gasteiger charge is -2.30. The van der Waals surface area contributed by atoms with E-state index in [2.05, 4.69) is 11.9 Å². The lowest BCUT2D eigenvalue weighted by atomic mass is 10.1. The smallest absolute Gasteiger partial charge is 0.318 e. The lowest BCUT2D eigenvalue weighted by Crippen LogP contribution is -2.51. The highest BCUT2D eigenvalue weighted by Crippen LogP contribution is 2.15. The molecule has 1 aromatic carbocycles. The Morgan fingerprint density at radius 1 is 1.07 bits per heavy atom. The van der Waals surface area contributed by atoms with Gasteiger partial charge in [0.25, 0.3) is 0 Å². The molecule has 2 rings (SSSR count). The first kappa shape index (κ1) is 21.7. The van der Waals surface area contributed by atoms with Crippen molar-refractivity contribution < 1.29 is 9.59 Å². The summed E-state index contributed by atoms with van der Waals surface area (Å²) in [6, 6.07) is 13.6. The summed E-state index contributed by atoms with van der Waals surface area (Å²) < 4.78 is 0. The fourth-order valence-electron chi connectivity index (χ4n) is 2.66. The molecule has 1 aromatic heterocycles. The van der Waals surface area contributed by atoms with Gasteiger partial charge in [0.1, 0.15) is 6.54 Å². The topological polar surface area (TPSA) is 52.7 Å². The maximum absolute atomic E-state index is 13.1. The van der Waals surface area contributed by atoms with Crippen molar-refractivity contribution in [1.82, 2.24) is 15.1 Å². The van der Waals surface area contributed by atoms with Crippen LogP contribution in [-0.2, 0) is 17.9 Å². The molecule has 0 aliphatic rings. The highest BCUT2D eigenvalue weighted by molar-refractivity contribution is 7.09. The first-order valence-electron chi connectivity index (χ1n) is 9.30. The number of thiophene rings is 1. The monoisotopic (exact) mass is 399 g/mol. The van der Waals surface area contributed by atoms with Crippen LogP contribution in [0.4, 0.5) is 4.79 Å². The number of hydrogen-bond acceptors (Lipinski definition) is 3. The summed E-state index contributed by atoms with van der Waals surface area (Å²) in [6.45, 7) is 10.8. The molecule has 3 amide bonds. The number of rotatable bonds is 8. The minimum atomic E-state index is -0.375. The highest BCUT2D eigenvalue weighted by Gasteiger charge is 2.24. The van der Waals surface area contributed by atoms with Crippen LogP contribution in [0.1, 0.15) is 31.2 Å². The zero-order valence-electron chi connectivity index (χ0n) is 16.9. The molecule has 1 N–H and O–H groups in total. The van der Waals surface area contributed by atoms with Crippen LogP contribution in [0.2, 0.25) is 0 Å². The second-order valence-corrected chi connectivity index (χ2v) is 8.70. The predicted octanol–water partition coefficient (Wildman–Crippen LogP) is 4.27. The van der Waals surface area contributed by atoms with E-state index < -0.39 is 0 Å². The van der Waals surface area contributed by atoms with Crippen LogP contribution in [0.3, 0.4) is 0 Å². The summed E-state index contributed by atoms with van der Waals surface area (Å²) in [7, 11) is 0. The maximum atomic E-state index is 13.1. The molecule has 28 heavy (non-hydrogen) atoms. The Bertz CT molecular complexity index is 767. The Morgan fingerprint density at radius 2 is 1.79 bits per heavy atom. The Hall–Kier alpha value is -2.60. The highest BCUT2D eigenvalue weighted by atomic mass is 32.1. The molecule has 0 radical (unpaired) electrons. The van der Waals surface area contributed by atoms with Gasteiger partial charge in [0.05, 0.1) is 6.54 Å². The zero-order chi connectivity index (χ0) is 20.6. The maximum Gasteiger partial charge on any atom is 0.318 e. The Balaban J connectivity index is 2.14. The van der Waals surface area contributed by atoms with E-state index in [-0.39, 0.29) is 24.0 Å². The van der Waals surface area contributed by atoms with Crippen molar-refractivity contribution in [2.45, 2.75) is 39.4 Å². The Labute approximate surface area is 171 Å². The summed E-state index contributed by atoms with van der Waals surface area (Å²) in [5.74, 6) is -0.0943. The Kier molecular flexibility index (Phi) is 7.81. The minimum absolute atomic E-state index is 0.00609. The van der Waals surface area contributed by atoms with Gasteiger partial charge in [0, 0.05) is 23.5 Å². The first-order valence-corrected chi connectivity index (χ1v) is 10.2. The number of urea groups is 1. The molecule has 0 saturated carbocycles. The van der Waals surface area contributed by atoms with Crippen molar-refractivity contribution in [3.8, 4) is 0 Å². The van der Waals surface area contributed by atoms with Crippen LogP contribution in [0, 0.1) is 0 Å². The van der Waals surface area contributed by atoms with Crippen molar-refractivity contribution in [2.75, 3.05) is 13.1 Å². The predicted molar refractivity (Wildman–Crippen MR) is 115 cm³/mol. The fraction of sp³-hybridized carbons (Fsp3) is 0.364. The van der Waals surface area contributed by atoms with Crippen molar-refractivity contribution in [2.24, 2.45) is 0 Å². The summed E-state index contributed by atoms with van der Waals surface area (Å²) in [4.78, 5) is 30.1. The van der Waals surface area contributed by atoms with E-state index in [1.807, 2.05) is 68.6 Å². The molecule has 5 nitrogen and oxygen atoms in total. The van der Waals surface area contributed by atoms with Crippen molar-refractivity contribution in [1.29, 1.82) is 0 Å². The summed E-state index contributed by atoms with van der Waals surface area (Å²) in [5, 5.41) is 4.92. The van der Waals surface area contributed by atoms with Crippen molar-refractivity contribution >= 4 is 23.3 Å².